The van der Waals surface area contributed by atoms with Crippen molar-refractivity contribution < 1.29 is 4.74 Å². The smallest absolute Gasteiger partial charge is 0.119 e. The highest BCUT2D eigenvalue weighted by atomic mass is 16.5. The Morgan fingerprint density at radius 3 is 2.33 bits per heavy atom. The van der Waals surface area contributed by atoms with Crippen LogP contribution in [0.25, 0.3) is 0 Å². The lowest BCUT2D eigenvalue weighted by atomic mass is 9.94. The minimum atomic E-state index is 0.575. The van der Waals surface area contributed by atoms with Gasteiger partial charge in [0.15, 0.2) is 0 Å². The second-order valence-electron chi connectivity index (χ2n) is 4.99. The van der Waals surface area contributed by atoms with Gasteiger partial charge in [0.1, 0.15) is 5.75 Å². The highest BCUT2D eigenvalue weighted by Crippen LogP contribution is 2.23. The predicted octanol–water partition coefficient (Wildman–Crippen LogP) is 3.97. The Labute approximate surface area is 112 Å². The van der Waals surface area contributed by atoms with Crippen LogP contribution < -0.4 is 10.1 Å². The Kier molecular flexibility index (Phi) is 6.81. The standard InChI is InChI=1S/C16H27NO/c1-5-11-17-14(4)12-13(3)15-7-9-16(10-8-15)18-6-2/h7-10,13-14,17H,5-6,11-12H2,1-4H3. The van der Waals surface area contributed by atoms with Gasteiger partial charge in [-0.25, -0.2) is 0 Å². The number of nitrogens with one attached hydrogen (secondary N) is 1. The van der Waals surface area contributed by atoms with Crippen molar-refractivity contribution in [2.75, 3.05) is 13.2 Å². The SMILES string of the molecule is CCCNC(C)CC(C)c1ccc(OCC)cc1. The second kappa shape index (κ2) is 8.15. The van der Waals surface area contributed by atoms with Crippen molar-refractivity contribution in [1.82, 2.24) is 5.32 Å². The second-order valence-corrected chi connectivity index (χ2v) is 4.99. The Hall–Kier alpha value is -1.02. The lowest BCUT2D eigenvalue weighted by Gasteiger charge is -2.19. The molecule has 0 amide bonds. The first-order valence-electron chi connectivity index (χ1n) is 7.13. The van der Waals surface area contributed by atoms with Gasteiger partial charge in [0.2, 0.25) is 0 Å². The van der Waals surface area contributed by atoms with Gasteiger partial charge in [0.25, 0.3) is 0 Å². The lowest BCUT2D eigenvalue weighted by molar-refractivity contribution is 0.340. The van der Waals surface area contributed by atoms with Crippen molar-refractivity contribution in [2.24, 2.45) is 0 Å². The summed E-state index contributed by atoms with van der Waals surface area (Å²) >= 11 is 0. The highest BCUT2D eigenvalue weighted by Gasteiger charge is 2.10. The number of rotatable bonds is 8. The number of hydrogen-bond donors (Lipinski definition) is 1. The van der Waals surface area contributed by atoms with Gasteiger partial charge < -0.3 is 10.1 Å². The number of hydrogen-bond acceptors (Lipinski definition) is 2. The minimum Gasteiger partial charge on any atom is -0.494 e. The summed E-state index contributed by atoms with van der Waals surface area (Å²) in [7, 11) is 0. The molecule has 0 radical (unpaired) electrons. The molecular weight excluding hydrogens is 222 g/mol. The van der Waals surface area contributed by atoms with E-state index >= 15 is 0 Å². The van der Waals surface area contributed by atoms with Crippen molar-refractivity contribution >= 4 is 0 Å². The molecule has 102 valence electrons. The Morgan fingerprint density at radius 1 is 1.11 bits per heavy atom. The first kappa shape index (κ1) is 15.0. The summed E-state index contributed by atoms with van der Waals surface area (Å²) in [5.74, 6) is 1.55. The molecule has 2 unspecified atom stereocenters. The van der Waals surface area contributed by atoms with Crippen LogP contribution in [0.4, 0.5) is 0 Å². The van der Waals surface area contributed by atoms with E-state index in [0.717, 1.165) is 18.9 Å². The highest BCUT2D eigenvalue weighted by molar-refractivity contribution is 5.29. The van der Waals surface area contributed by atoms with Gasteiger partial charge in [-0.15, -0.1) is 0 Å². The van der Waals surface area contributed by atoms with E-state index in [2.05, 4.69) is 50.4 Å². The van der Waals surface area contributed by atoms with E-state index in [1.165, 1.54) is 18.4 Å². The molecule has 0 spiro atoms. The average molecular weight is 249 g/mol. The zero-order valence-corrected chi connectivity index (χ0v) is 12.2. The van der Waals surface area contributed by atoms with Gasteiger partial charge in [-0.1, -0.05) is 26.0 Å². The van der Waals surface area contributed by atoms with Crippen LogP contribution in [0.15, 0.2) is 24.3 Å². The molecular formula is C16H27NO. The zero-order valence-electron chi connectivity index (χ0n) is 12.2. The quantitative estimate of drug-likeness (QED) is 0.753. The lowest BCUT2D eigenvalue weighted by Crippen LogP contribution is -2.27. The van der Waals surface area contributed by atoms with Crippen LogP contribution in [0.5, 0.6) is 5.75 Å². The molecule has 1 aromatic carbocycles. The summed E-state index contributed by atoms with van der Waals surface area (Å²) in [6.45, 7) is 10.6. The van der Waals surface area contributed by atoms with Gasteiger partial charge in [-0.3, -0.25) is 0 Å². The fraction of sp³-hybridized carbons (Fsp3) is 0.625. The van der Waals surface area contributed by atoms with Crippen molar-refractivity contribution in [3.8, 4) is 5.75 Å². The molecule has 2 nitrogen and oxygen atoms in total. The van der Waals surface area contributed by atoms with Crippen LogP contribution in [0, 0.1) is 0 Å². The van der Waals surface area contributed by atoms with Gasteiger partial charge in [-0.2, -0.15) is 0 Å². The molecule has 1 rings (SSSR count). The first-order valence-corrected chi connectivity index (χ1v) is 7.13. The molecule has 2 heteroatoms. The molecule has 0 fully saturated rings. The molecule has 0 saturated heterocycles. The van der Waals surface area contributed by atoms with Gasteiger partial charge in [0.05, 0.1) is 6.61 Å². The summed E-state index contributed by atoms with van der Waals surface area (Å²) in [5.41, 5.74) is 1.39. The molecule has 1 N–H and O–H groups in total. The van der Waals surface area contributed by atoms with Crippen molar-refractivity contribution in [2.45, 2.75) is 52.5 Å². The Balaban J connectivity index is 2.47. The van der Waals surface area contributed by atoms with Gasteiger partial charge in [-0.05, 0) is 56.8 Å². The summed E-state index contributed by atoms with van der Waals surface area (Å²) in [4.78, 5) is 0. The van der Waals surface area contributed by atoms with Crippen LogP contribution >= 0.6 is 0 Å². The van der Waals surface area contributed by atoms with E-state index in [1.54, 1.807) is 0 Å². The molecule has 0 heterocycles. The molecule has 2 atom stereocenters. The molecule has 0 aliphatic heterocycles. The maximum Gasteiger partial charge on any atom is 0.119 e. The third-order valence-corrected chi connectivity index (χ3v) is 3.21. The number of ether oxygens (including phenoxy) is 1. The molecule has 0 aliphatic rings. The molecule has 18 heavy (non-hydrogen) atoms. The summed E-state index contributed by atoms with van der Waals surface area (Å²) in [5, 5.41) is 3.54. The molecule has 0 aromatic heterocycles. The van der Waals surface area contributed by atoms with E-state index in [0.29, 0.717) is 12.0 Å². The fourth-order valence-electron chi connectivity index (χ4n) is 2.20. The molecule has 0 aliphatic carbocycles. The van der Waals surface area contributed by atoms with E-state index in [4.69, 9.17) is 4.74 Å². The van der Waals surface area contributed by atoms with Crippen LogP contribution in [-0.2, 0) is 0 Å². The normalized spacial score (nSPS) is 14.2. The Bertz CT molecular complexity index is 320. The summed E-state index contributed by atoms with van der Waals surface area (Å²) in [6, 6.07) is 9.08. The van der Waals surface area contributed by atoms with E-state index in [9.17, 15) is 0 Å². The summed E-state index contributed by atoms with van der Waals surface area (Å²) in [6.07, 6.45) is 2.37. The monoisotopic (exact) mass is 249 g/mol. The molecule has 0 saturated carbocycles. The van der Waals surface area contributed by atoms with Crippen molar-refractivity contribution in [1.29, 1.82) is 0 Å². The largest absolute Gasteiger partial charge is 0.494 e. The molecule has 0 bridgehead atoms. The van der Waals surface area contributed by atoms with Crippen molar-refractivity contribution in [3.63, 3.8) is 0 Å². The average Bonchev–Trinajstić information content (AvgIpc) is 2.37. The maximum absolute atomic E-state index is 5.46. The first-order chi connectivity index (χ1) is 8.67. The van der Waals surface area contributed by atoms with E-state index in [1.807, 2.05) is 6.92 Å². The Morgan fingerprint density at radius 2 is 1.78 bits per heavy atom. The third-order valence-electron chi connectivity index (χ3n) is 3.21. The van der Waals surface area contributed by atoms with E-state index in [-0.39, 0.29) is 0 Å². The van der Waals surface area contributed by atoms with Gasteiger partial charge in [0, 0.05) is 6.04 Å². The third kappa shape index (κ3) is 5.09. The topological polar surface area (TPSA) is 21.3 Å². The predicted molar refractivity (Wildman–Crippen MR) is 78.4 cm³/mol. The fourth-order valence-corrected chi connectivity index (χ4v) is 2.20. The minimum absolute atomic E-state index is 0.575. The zero-order chi connectivity index (χ0) is 13.4. The van der Waals surface area contributed by atoms with Crippen LogP contribution in [0.1, 0.15) is 52.0 Å². The van der Waals surface area contributed by atoms with Crippen LogP contribution in [0.2, 0.25) is 0 Å². The van der Waals surface area contributed by atoms with Gasteiger partial charge >= 0.3 is 0 Å². The van der Waals surface area contributed by atoms with Crippen LogP contribution in [0.3, 0.4) is 0 Å². The summed E-state index contributed by atoms with van der Waals surface area (Å²) < 4.78 is 5.46. The van der Waals surface area contributed by atoms with E-state index < -0.39 is 0 Å². The van der Waals surface area contributed by atoms with Crippen LogP contribution in [-0.4, -0.2) is 19.2 Å². The van der Waals surface area contributed by atoms with Crippen molar-refractivity contribution in [3.05, 3.63) is 29.8 Å². The maximum atomic E-state index is 5.46. The number of benzene rings is 1. The molecule has 1 aromatic rings.